The van der Waals surface area contributed by atoms with E-state index in [0.29, 0.717) is 23.9 Å². The van der Waals surface area contributed by atoms with Gasteiger partial charge in [-0.1, -0.05) is 31.4 Å². The van der Waals surface area contributed by atoms with E-state index in [1.807, 2.05) is 17.7 Å². The van der Waals surface area contributed by atoms with Crippen LogP contribution in [0.1, 0.15) is 43.6 Å². The van der Waals surface area contributed by atoms with E-state index in [0.717, 1.165) is 5.39 Å². The fraction of sp³-hybridized carbons (Fsp3) is 0.529. The molecule has 2 N–H and O–H groups in total. The summed E-state index contributed by atoms with van der Waals surface area (Å²) in [5, 5.41) is 1.04. The Hall–Kier alpha value is -1.35. The molecule has 2 aromatic rings. The van der Waals surface area contributed by atoms with Crippen molar-refractivity contribution in [3.63, 3.8) is 0 Å². The second-order valence-corrected chi connectivity index (χ2v) is 6.07. The highest BCUT2D eigenvalue weighted by molar-refractivity contribution is 5.85. The molecule has 0 radical (unpaired) electrons. The smallest absolute Gasteiger partial charge is 0.147 e. The van der Waals surface area contributed by atoms with Crippen LogP contribution in [0.25, 0.3) is 10.9 Å². The summed E-state index contributed by atoms with van der Waals surface area (Å²) >= 11 is 0. The maximum Gasteiger partial charge on any atom is 0.147 e. The van der Waals surface area contributed by atoms with Gasteiger partial charge >= 0.3 is 0 Å². The summed E-state index contributed by atoms with van der Waals surface area (Å²) in [5.74, 6) is 0.874. The lowest BCUT2D eigenvalue weighted by Crippen LogP contribution is -2.23. The van der Waals surface area contributed by atoms with Crippen molar-refractivity contribution in [2.24, 2.45) is 18.7 Å². The molecule has 108 valence electrons. The monoisotopic (exact) mass is 274 g/mol. The predicted molar refractivity (Wildman–Crippen MR) is 81.2 cm³/mol. The zero-order valence-corrected chi connectivity index (χ0v) is 12.1. The normalized spacial score (nSPS) is 18.6. The van der Waals surface area contributed by atoms with Gasteiger partial charge in [-0.3, -0.25) is 0 Å². The summed E-state index contributed by atoms with van der Waals surface area (Å²) in [6, 6.07) is 5.36. The van der Waals surface area contributed by atoms with Crippen LogP contribution >= 0.6 is 0 Å². The number of nitrogens with two attached hydrogens (primary N) is 1. The highest BCUT2D eigenvalue weighted by Crippen LogP contribution is 2.39. The fourth-order valence-corrected chi connectivity index (χ4v) is 3.85. The quantitative estimate of drug-likeness (QED) is 0.903. The predicted octanol–water partition coefficient (Wildman–Crippen LogP) is 3.94. The van der Waals surface area contributed by atoms with E-state index in [4.69, 9.17) is 5.73 Å². The van der Waals surface area contributed by atoms with Crippen molar-refractivity contribution >= 4 is 10.9 Å². The maximum atomic E-state index is 14.0. The zero-order valence-electron chi connectivity index (χ0n) is 12.1. The molecule has 1 atom stereocenters. The van der Waals surface area contributed by atoms with Gasteiger partial charge in [0.1, 0.15) is 5.82 Å². The molecular weight excluding hydrogens is 251 g/mol. The van der Waals surface area contributed by atoms with Gasteiger partial charge in [0.15, 0.2) is 0 Å². The van der Waals surface area contributed by atoms with Crippen LogP contribution < -0.4 is 5.73 Å². The van der Waals surface area contributed by atoms with E-state index in [1.165, 1.54) is 43.7 Å². The lowest BCUT2D eigenvalue weighted by atomic mass is 9.77. The van der Waals surface area contributed by atoms with Crippen molar-refractivity contribution in [1.82, 2.24) is 4.57 Å². The van der Waals surface area contributed by atoms with Crippen molar-refractivity contribution in [1.29, 1.82) is 0 Å². The molecule has 0 amide bonds. The average Bonchev–Trinajstić information content (AvgIpc) is 2.80. The van der Waals surface area contributed by atoms with E-state index >= 15 is 0 Å². The molecule has 1 fully saturated rings. The summed E-state index contributed by atoms with van der Waals surface area (Å²) in [6.45, 7) is 0.653. The molecule has 1 unspecified atom stereocenters. The van der Waals surface area contributed by atoms with Gasteiger partial charge in [-0.05, 0) is 36.9 Å². The second kappa shape index (κ2) is 5.57. The van der Waals surface area contributed by atoms with E-state index in [1.54, 1.807) is 6.07 Å². The Labute approximate surface area is 119 Å². The van der Waals surface area contributed by atoms with E-state index in [-0.39, 0.29) is 5.82 Å². The summed E-state index contributed by atoms with van der Waals surface area (Å²) in [7, 11) is 1.92. The average molecular weight is 274 g/mol. The standard InChI is InChI=1S/C17H23FN2/c1-20-11-15(13-8-5-9-16(18)17(13)20)14(10-19)12-6-3-2-4-7-12/h5,8-9,11-12,14H,2-4,6-7,10,19H2,1H3. The van der Waals surface area contributed by atoms with Gasteiger partial charge < -0.3 is 10.3 Å². The second-order valence-electron chi connectivity index (χ2n) is 6.07. The third-order valence-electron chi connectivity index (χ3n) is 4.86. The van der Waals surface area contributed by atoms with Gasteiger partial charge in [-0.25, -0.2) is 4.39 Å². The first-order valence-corrected chi connectivity index (χ1v) is 7.66. The van der Waals surface area contributed by atoms with Crippen molar-refractivity contribution in [2.45, 2.75) is 38.0 Å². The molecular formula is C17H23FN2. The zero-order chi connectivity index (χ0) is 14.1. The molecule has 2 nitrogen and oxygen atoms in total. The van der Waals surface area contributed by atoms with Crippen LogP contribution in [0.15, 0.2) is 24.4 Å². The molecule has 20 heavy (non-hydrogen) atoms. The highest BCUT2D eigenvalue weighted by Gasteiger charge is 2.26. The van der Waals surface area contributed by atoms with Crippen LogP contribution in [0.4, 0.5) is 4.39 Å². The number of halogens is 1. The van der Waals surface area contributed by atoms with E-state index in [9.17, 15) is 4.39 Å². The minimum atomic E-state index is -0.143. The number of nitrogens with zero attached hydrogens (tertiary/aromatic N) is 1. The molecule has 0 bridgehead atoms. The number of hydrogen-bond donors (Lipinski definition) is 1. The topological polar surface area (TPSA) is 30.9 Å². The van der Waals surface area contributed by atoms with Crippen LogP contribution in [0, 0.1) is 11.7 Å². The van der Waals surface area contributed by atoms with Crippen LogP contribution in [0.2, 0.25) is 0 Å². The van der Waals surface area contributed by atoms with E-state index < -0.39 is 0 Å². The fourth-order valence-electron chi connectivity index (χ4n) is 3.85. The number of para-hydroxylation sites is 1. The highest BCUT2D eigenvalue weighted by atomic mass is 19.1. The molecule has 1 aromatic carbocycles. The van der Waals surface area contributed by atoms with Crippen LogP contribution in [0.5, 0.6) is 0 Å². The molecule has 1 aliphatic carbocycles. The van der Waals surface area contributed by atoms with Gasteiger partial charge in [0.2, 0.25) is 0 Å². The van der Waals surface area contributed by atoms with Gasteiger partial charge in [-0.2, -0.15) is 0 Å². The molecule has 0 spiro atoms. The molecule has 1 saturated carbocycles. The summed E-state index contributed by atoms with van der Waals surface area (Å²) in [5.41, 5.74) is 8.01. The Morgan fingerprint density at radius 2 is 2.05 bits per heavy atom. The minimum absolute atomic E-state index is 0.143. The molecule has 0 saturated heterocycles. The molecule has 1 aliphatic rings. The number of fused-ring (bicyclic) bond motifs is 1. The number of hydrogen-bond acceptors (Lipinski definition) is 1. The summed E-state index contributed by atoms with van der Waals surface area (Å²) < 4.78 is 15.9. The molecule has 3 heteroatoms. The number of benzene rings is 1. The van der Waals surface area contributed by atoms with Crippen LogP contribution in [-0.2, 0) is 7.05 Å². The Kier molecular flexibility index (Phi) is 3.79. The number of aryl methyl sites for hydroxylation is 1. The Balaban J connectivity index is 2.05. The molecule has 0 aliphatic heterocycles. The van der Waals surface area contributed by atoms with Crippen LogP contribution in [-0.4, -0.2) is 11.1 Å². The summed E-state index contributed by atoms with van der Waals surface area (Å²) in [6.07, 6.45) is 8.56. The lowest BCUT2D eigenvalue weighted by Gasteiger charge is -2.29. The first kappa shape index (κ1) is 13.6. The largest absolute Gasteiger partial charge is 0.348 e. The third-order valence-corrected chi connectivity index (χ3v) is 4.86. The number of rotatable bonds is 3. The number of aromatic nitrogens is 1. The van der Waals surface area contributed by atoms with Crippen molar-refractivity contribution in [2.75, 3.05) is 6.54 Å². The van der Waals surface area contributed by atoms with Gasteiger partial charge in [0, 0.05) is 24.5 Å². The van der Waals surface area contributed by atoms with Gasteiger partial charge in [0.25, 0.3) is 0 Å². The summed E-state index contributed by atoms with van der Waals surface area (Å²) in [4.78, 5) is 0. The molecule has 1 aromatic heterocycles. The lowest BCUT2D eigenvalue weighted by molar-refractivity contribution is 0.308. The van der Waals surface area contributed by atoms with Crippen molar-refractivity contribution in [3.05, 3.63) is 35.8 Å². The SMILES string of the molecule is Cn1cc(C(CN)C2CCCCC2)c2cccc(F)c21. The Morgan fingerprint density at radius 3 is 2.75 bits per heavy atom. The van der Waals surface area contributed by atoms with E-state index in [2.05, 4.69) is 6.20 Å². The first-order chi connectivity index (χ1) is 9.72. The molecule has 1 heterocycles. The van der Waals surface area contributed by atoms with Gasteiger partial charge in [0.05, 0.1) is 5.52 Å². The maximum absolute atomic E-state index is 14.0. The van der Waals surface area contributed by atoms with Crippen molar-refractivity contribution < 1.29 is 4.39 Å². The Morgan fingerprint density at radius 1 is 1.30 bits per heavy atom. The first-order valence-electron chi connectivity index (χ1n) is 7.66. The minimum Gasteiger partial charge on any atom is -0.348 e. The third kappa shape index (κ3) is 2.24. The van der Waals surface area contributed by atoms with Crippen LogP contribution in [0.3, 0.4) is 0 Å². The Bertz CT molecular complexity index is 596. The molecule has 3 rings (SSSR count). The van der Waals surface area contributed by atoms with Gasteiger partial charge in [-0.15, -0.1) is 0 Å². The van der Waals surface area contributed by atoms with Crippen molar-refractivity contribution in [3.8, 4) is 0 Å².